The third-order valence-electron chi connectivity index (χ3n) is 7.62. The number of methoxy groups -OCH3 is 1. The van der Waals surface area contributed by atoms with Gasteiger partial charge >= 0.3 is 5.69 Å². The molecule has 0 aliphatic carbocycles. The highest BCUT2D eigenvalue weighted by Gasteiger charge is 2.37. The van der Waals surface area contributed by atoms with Crippen LogP contribution in [0.25, 0.3) is 21.0 Å². The first kappa shape index (κ1) is 30.7. The van der Waals surface area contributed by atoms with Gasteiger partial charge in [0.2, 0.25) is 5.89 Å². The molecule has 5 rings (SSSR count). The van der Waals surface area contributed by atoms with Crippen molar-refractivity contribution in [3.05, 3.63) is 68.7 Å². The van der Waals surface area contributed by atoms with E-state index in [1.54, 1.807) is 21.0 Å². The highest BCUT2D eigenvalue weighted by molar-refractivity contribution is 7.22. The third-order valence-corrected chi connectivity index (χ3v) is 8.92. The molecule has 1 aliphatic heterocycles. The van der Waals surface area contributed by atoms with Crippen molar-refractivity contribution >= 4 is 27.5 Å². The van der Waals surface area contributed by atoms with Gasteiger partial charge in [0, 0.05) is 18.8 Å². The summed E-state index contributed by atoms with van der Waals surface area (Å²) in [5, 5.41) is 0.292. The smallest absolute Gasteiger partial charge is 0.333 e. The quantitative estimate of drug-likeness (QED) is 0.250. The number of oxazole rings is 1. The minimum Gasteiger partial charge on any atom is -0.496 e. The van der Waals surface area contributed by atoms with Crippen molar-refractivity contribution in [3.63, 3.8) is 0 Å². The van der Waals surface area contributed by atoms with Crippen LogP contribution in [0.2, 0.25) is 0 Å². The van der Waals surface area contributed by atoms with Gasteiger partial charge in [0.05, 0.1) is 42.8 Å². The Bertz CT molecular complexity index is 1700. The van der Waals surface area contributed by atoms with E-state index in [9.17, 15) is 14.4 Å². The Balaban J connectivity index is 1.74. The summed E-state index contributed by atoms with van der Waals surface area (Å²) in [5.41, 5.74) is 0.836. The van der Waals surface area contributed by atoms with Crippen molar-refractivity contribution in [2.24, 2.45) is 0 Å². The number of para-hydroxylation sites is 1. The Hall–Kier alpha value is -3.78. The highest BCUT2D eigenvalue weighted by Crippen LogP contribution is 2.37. The maximum Gasteiger partial charge on any atom is 0.333 e. The maximum atomic E-state index is 14.4. The first-order valence-electron chi connectivity index (χ1n) is 14.2. The van der Waals surface area contributed by atoms with Gasteiger partial charge in [-0.3, -0.25) is 19.0 Å². The second-order valence-corrected chi connectivity index (χ2v) is 11.7. The Morgan fingerprint density at radius 3 is 2.65 bits per heavy atom. The first-order chi connectivity index (χ1) is 20.7. The van der Waals surface area contributed by atoms with Gasteiger partial charge in [0.25, 0.3) is 11.5 Å². The fourth-order valence-corrected chi connectivity index (χ4v) is 6.50. The SMILES string of the molecule is CCONC(=O)C(C)(C)n1c(=O)c2c(C)c(-c3ncco3)sc2n(C[C@H](OC2CCOCC2)c2ccccc2OC)c1=O. The van der Waals surface area contributed by atoms with Crippen LogP contribution in [0.15, 0.2) is 50.7 Å². The molecule has 0 radical (unpaired) electrons. The number of hydrogen-bond donors (Lipinski definition) is 1. The predicted molar refractivity (Wildman–Crippen MR) is 160 cm³/mol. The van der Waals surface area contributed by atoms with Crippen molar-refractivity contribution in [2.75, 3.05) is 26.9 Å². The molecule has 3 aromatic heterocycles. The van der Waals surface area contributed by atoms with Crippen LogP contribution in [0.1, 0.15) is 50.8 Å². The molecule has 1 aliphatic rings. The van der Waals surface area contributed by atoms with Crippen LogP contribution in [-0.2, 0) is 31.2 Å². The molecule has 1 saturated heterocycles. The molecule has 1 aromatic carbocycles. The van der Waals surface area contributed by atoms with E-state index < -0.39 is 28.8 Å². The lowest BCUT2D eigenvalue weighted by atomic mass is 10.0. The molecule has 4 heterocycles. The van der Waals surface area contributed by atoms with E-state index in [1.807, 2.05) is 24.3 Å². The maximum absolute atomic E-state index is 14.4. The van der Waals surface area contributed by atoms with Crippen LogP contribution in [0, 0.1) is 6.92 Å². The minimum absolute atomic E-state index is 0.0431. The van der Waals surface area contributed by atoms with Crippen LogP contribution < -0.4 is 21.5 Å². The normalized spacial score (nSPS) is 15.1. The first-order valence-corrected chi connectivity index (χ1v) is 15.0. The molecule has 12 nitrogen and oxygen atoms in total. The molecule has 1 fully saturated rings. The number of ether oxygens (including phenoxy) is 3. The van der Waals surface area contributed by atoms with E-state index >= 15 is 0 Å². The van der Waals surface area contributed by atoms with Crippen LogP contribution in [0.3, 0.4) is 0 Å². The molecule has 0 spiro atoms. The summed E-state index contributed by atoms with van der Waals surface area (Å²) >= 11 is 1.23. The summed E-state index contributed by atoms with van der Waals surface area (Å²) in [7, 11) is 1.58. The van der Waals surface area contributed by atoms with E-state index in [2.05, 4.69) is 10.5 Å². The summed E-state index contributed by atoms with van der Waals surface area (Å²) in [4.78, 5) is 52.2. The molecule has 13 heteroatoms. The standard InChI is InChI=1S/C30H36N4O8S/c1-6-41-32-28(36)30(3,4)34-26(35)23-18(2)24(25-31-13-16-40-25)43-27(23)33(29(34)37)17-22(42-19-11-14-39-15-12-19)20-9-7-8-10-21(20)38-5/h7-10,13,16,19,22H,6,11-12,14-15,17H2,1-5H3,(H,32,36)/t22-/m0/s1. The molecule has 4 aromatic rings. The van der Waals surface area contributed by atoms with E-state index in [-0.39, 0.29) is 19.3 Å². The minimum atomic E-state index is -1.60. The summed E-state index contributed by atoms with van der Waals surface area (Å²) < 4.78 is 25.9. The number of hydrogen-bond acceptors (Lipinski definition) is 10. The van der Waals surface area contributed by atoms with Gasteiger partial charge in [0.15, 0.2) is 0 Å². The van der Waals surface area contributed by atoms with Crippen molar-refractivity contribution in [3.8, 4) is 16.5 Å². The van der Waals surface area contributed by atoms with E-state index in [4.69, 9.17) is 23.5 Å². The number of rotatable bonds is 11. The predicted octanol–water partition coefficient (Wildman–Crippen LogP) is 3.94. The number of hydroxylamine groups is 1. The van der Waals surface area contributed by atoms with Crippen molar-refractivity contribution in [1.82, 2.24) is 19.6 Å². The zero-order chi connectivity index (χ0) is 30.7. The lowest BCUT2D eigenvalue weighted by Gasteiger charge is -2.30. The summed E-state index contributed by atoms with van der Waals surface area (Å²) in [6.07, 6.45) is 3.64. The monoisotopic (exact) mass is 612 g/mol. The van der Waals surface area contributed by atoms with E-state index in [0.29, 0.717) is 58.4 Å². The van der Waals surface area contributed by atoms with Gasteiger partial charge in [-0.25, -0.2) is 19.8 Å². The molecule has 1 atom stereocenters. The number of carbonyl (C=O) groups is 1. The van der Waals surface area contributed by atoms with Crippen LogP contribution >= 0.6 is 11.3 Å². The number of benzene rings is 1. The van der Waals surface area contributed by atoms with Crippen LogP contribution in [0.4, 0.5) is 0 Å². The Morgan fingerprint density at radius 1 is 1.23 bits per heavy atom. The van der Waals surface area contributed by atoms with Crippen molar-refractivity contribution in [1.29, 1.82) is 0 Å². The summed E-state index contributed by atoms with van der Waals surface area (Å²) in [5.74, 6) is 0.299. The second-order valence-electron chi connectivity index (χ2n) is 10.7. The average Bonchev–Trinajstić information content (AvgIpc) is 3.66. The third kappa shape index (κ3) is 5.90. The van der Waals surface area contributed by atoms with E-state index in [1.165, 1.54) is 42.2 Å². The number of nitrogens with one attached hydrogen (secondary N) is 1. The number of carbonyl (C=O) groups excluding carboxylic acids is 1. The van der Waals surface area contributed by atoms with Gasteiger partial charge in [-0.05, 0) is 52.2 Å². The van der Waals surface area contributed by atoms with Crippen LogP contribution in [0.5, 0.6) is 5.75 Å². The largest absolute Gasteiger partial charge is 0.496 e. The Morgan fingerprint density at radius 2 is 1.98 bits per heavy atom. The Kier molecular flexibility index (Phi) is 9.16. The highest BCUT2D eigenvalue weighted by atomic mass is 32.1. The van der Waals surface area contributed by atoms with E-state index in [0.717, 1.165) is 10.1 Å². The number of aromatic nitrogens is 3. The fraction of sp³-hybridized carbons (Fsp3) is 0.467. The molecule has 43 heavy (non-hydrogen) atoms. The molecule has 1 N–H and O–H groups in total. The number of nitrogens with zero attached hydrogens (tertiary/aromatic N) is 3. The molecule has 0 saturated carbocycles. The Labute approximate surface area is 252 Å². The van der Waals surface area contributed by atoms with Gasteiger partial charge in [0.1, 0.15) is 28.5 Å². The summed E-state index contributed by atoms with van der Waals surface area (Å²) in [6.45, 7) is 7.92. The molecular weight excluding hydrogens is 576 g/mol. The average molecular weight is 613 g/mol. The lowest BCUT2D eigenvalue weighted by Crippen LogP contribution is -2.55. The topological polar surface area (TPSA) is 136 Å². The van der Waals surface area contributed by atoms with Crippen LogP contribution in [-0.4, -0.2) is 53.1 Å². The zero-order valence-corrected chi connectivity index (χ0v) is 25.7. The van der Waals surface area contributed by atoms with Gasteiger partial charge < -0.3 is 18.6 Å². The zero-order valence-electron chi connectivity index (χ0n) is 24.9. The number of fused-ring (bicyclic) bond motifs is 1. The molecular formula is C30H36N4O8S. The molecule has 0 unspecified atom stereocenters. The molecule has 230 valence electrons. The van der Waals surface area contributed by atoms with Crippen molar-refractivity contribution < 1.29 is 28.3 Å². The number of aryl methyl sites for hydroxylation is 1. The van der Waals surface area contributed by atoms with Gasteiger partial charge in [-0.15, -0.1) is 11.3 Å². The summed E-state index contributed by atoms with van der Waals surface area (Å²) in [6, 6.07) is 7.49. The number of thiophene rings is 1. The van der Waals surface area contributed by atoms with Gasteiger partial charge in [-0.1, -0.05) is 18.2 Å². The lowest BCUT2D eigenvalue weighted by molar-refractivity contribution is -0.141. The molecule has 0 bridgehead atoms. The number of amides is 1. The van der Waals surface area contributed by atoms with Gasteiger partial charge in [-0.2, -0.15) is 0 Å². The van der Waals surface area contributed by atoms with Crippen molar-refractivity contribution in [2.45, 2.75) is 64.8 Å². The molecule has 1 amide bonds. The fourth-order valence-electron chi connectivity index (χ4n) is 5.26. The second kappa shape index (κ2) is 12.8.